The first kappa shape index (κ1) is 13.9. The van der Waals surface area contributed by atoms with Crippen LogP contribution in [-0.2, 0) is 12.6 Å². The van der Waals surface area contributed by atoms with E-state index >= 15 is 0 Å². The average Bonchev–Trinajstić information content (AvgIpc) is 2.94. The van der Waals surface area contributed by atoms with Crippen LogP contribution < -0.4 is 5.32 Å². The van der Waals surface area contributed by atoms with Gasteiger partial charge in [-0.05, 0) is 18.1 Å². The molecular formula is C16H13F4N. The molecule has 1 aliphatic heterocycles. The van der Waals surface area contributed by atoms with Gasteiger partial charge in [-0.1, -0.05) is 36.4 Å². The SMILES string of the molecule is FC(c1ccccc1C(F)(F)F)c1cccc2c1NCC2. The highest BCUT2D eigenvalue weighted by Crippen LogP contribution is 2.41. The van der Waals surface area contributed by atoms with Crippen molar-refractivity contribution in [3.8, 4) is 0 Å². The highest BCUT2D eigenvalue weighted by molar-refractivity contribution is 5.63. The number of rotatable bonds is 2. The zero-order chi connectivity index (χ0) is 15.0. The Morgan fingerprint density at radius 2 is 1.67 bits per heavy atom. The van der Waals surface area contributed by atoms with Gasteiger partial charge in [0.05, 0.1) is 5.56 Å². The van der Waals surface area contributed by atoms with Crippen molar-refractivity contribution in [2.45, 2.75) is 18.8 Å². The molecule has 0 aliphatic carbocycles. The van der Waals surface area contributed by atoms with E-state index in [-0.39, 0.29) is 11.1 Å². The molecule has 0 amide bonds. The van der Waals surface area contributed by atoms with Gasteiger partial charge in [-0.15, -0.1) is 0 Å². The lowest BCUT2D eigenvalue weighted by molar-refractivity contribution is -0.138. The number of alkyl halides is 4. The van der Waals surface area contributed by atoms with Crippen molar-refractivity contribution < 1.29 is 17.6 Å². The summed E-state index contributed by atoms with van der Waals surface area (Å²) in [4.78, 5) is 0. The molecule has 2 aromatic rings. The number of hydrogen-bond acceptors (Lipinski definition) is 1. The summed E-state index contributed by atoms with van der Waals surface area (Å²) >= 11 is 0. The Morgan fingerprint density at radius 1 is 0.952 bits per heavy atom. The fourth-order valence-corrected chi connectivity index (χ4v) is 2.72. The lowest BCUT2D eigenvalue weighted by Gasteiger charge is -2.18. The molecule has 1 N–H and O–H groups in total. The first-order valence-electron chi connectivity index (χ1n) is 6.64. The van der Waals surface area contributed by atoms with Crippen LogP contribution in [0.3, 0.4) is 0 Å². The van der Waals surface area contributed by atoms with Gasteiger partial charge in [0.2, 0.25) is 0 Å². The van der Waals surface area contributed by atoms with Gasteiger partial charge < -0.3 is 5.32 Å². The standard InChI is InChI=1S/C16H13F4N/c17-14(11-5-1-2-7-13(11)16(18,19)20)12-6-3-4-10-8-9-21-15(10)12/h1-7,14,21H,8-9H2. The van der Waals surface area contributed by atoms with Crippen LogP contribution in [0, 0.1) is 0 Å². The maximum atomic E-state index is 14.8. The van der Waals surface area contributed by atoms with Crippen LogP contribution in [0.2, 0.25) is 0 Å². The van der Waals surface area contributed by atoms with Crippen LogP contribution in [0.15, 0.2) is 42.5 Å². The number of halogens is 4. The van der Waals surface area contributed by atoms with E-state index in [0.717, 1.165) is 18.1 Å². The van der Waals surface area contributed by atoms with Gasteiger partial charge >= 0.3 is 6.18 Å². The highest BCUT2D eigenvalue weighted by Gasteiger charge is 2.36. The normalized spacial score (nSPS) is 15.4. The molecule has 0 spiro atoms. The van der Waals surface area contributed by atoms with Crippen LogP contribution in [-0.4, -0.2) is 6.54 Å². The van der Waals surface area contributed by atoms with Crippen LogP contribution in [0.25, 0.3) is 0 Å². The topological polar surface area (TPSA) is 12.0 Å². The summed E-state index contributed by atoms with van der Waals surface area (Å²) in [5, 5.41) is 3.06. The minimum atomic E-state index is -4.56. The molecule has 1 aliphatic rings. The summed E-state index contributed by atoms with van der Waals surface area (Å²) in [6, 6.07) is 9.89. The molecule has 0 bridgehead atoms. The summed E-state index contributed by atoms with van der Waals surface area (Å²) in [6.45, 7) is 0.681. The van der Waals surface area contributed by atoms with Gasteiger partial charge in [-0.2, -0.15) is 13.2 Å². The Morgan fingerprint density at radius 3 is 2.43 bits per heavy atom. The van der Waals surface area contributed by atoms with Crippen molar-refractivity contribution in [3.63, 3.8) is 0 Å². The molecule has 1 unspecified atom stereocenters. The Balaban J connectivity index is 2.08. The van der Waals surface area contributed by atoms with Crippen molar-refractivity contribution >= 4 is 5.69 Å². The number of nitrogens with one attached hydrogen (secondary N) is 1. The molecule has 3 rings (SSSR count). The molecule has 1 heterocycles. The highest BCUT2D eigenvalue weighted by atomic mass is 19.4. The fraction of sp³-hybridized carbons (Fsp3) is 0.250. The molecule has 5 heteroatoms. The Kier molecular flexibility index (Phi) is 3.35. The number of anilines is 1. The van der Waals surface area contributed by atoms with Gasteiger partial charge in [-0.3, -0.25) is 0 Å². The van der Waals surface area contributed by atoms with E-state index in [0.29, 0.717) is 12.2 Å². The Bertz CT molecular complexity index is 664. The lowest BCUT2D eigenvalue weighted by Crippen LogP contribution is -2.11. The van der Waals surface area contributed by atoms with Gasteiger partial charge in [0, 0.05) is 23.4 Å². The lowest BCUT2D eigenvalue weighted by atomic mass is 9.95. The van der Waals surface area contributed by atoms with Crippen molar-refractivity contribution in [1.29, 1.82) is 0 Å². The van der Waals surface area contributed by atoms with Crippen LogP contribution >= 0.6 is 0 Å². The summed E-state index contributed by atoms with van der Waals surface area (Å²) in [5.74, 6) is 0. The average molecular weight is 295 g/mol. The van der Waals surface area contributed by atoms with Gasteiger partial charge in [-0.25, -0.2) is 4.39 Å². The quantitative estimate of drug-likeness (QED) is 0.790. The largest absolute Gasteiger partial charge is 0.416 e. The first-order valence-corrected chi connectivity index (χ1v) is 6.64. The summed E-state index contributed by atoms with van der Waals surface area (Å²) < 4.78 is 53.8. The fourth-order valence-electron chi connectivity index (χ4n) is 2.72. The van der Waals surface area contributed by atoms with E-state index < -0.39 is 17.9 Å². The van der Waals surface area contributed by atoms with E-state index in [9.17, 15) is 17.6 Å². The molecule has 2 aromatic carbocycles. The summed E-state index contributed by atoms with van der Waals surface area (Å²) in [6.07, 6.45) is -5.60. The second kappa shape index (κ2) is 5.06. The zero-order valence-electron chi connectivity index (χ0n) is 11.0. The monoisotopic (exact) mass is 295 g/mol. The van der Waals surface area contributed by atoms with E-state index in [4.69, 9.17) is 0 Å². The molecule has 21 heavy (non-hydrogen) atoms. The molecule has 1 nitrogen and oxygen atoms in total. The van der Waals surface area contributed by atoms with E-state index in [2.05, 4.69) is 5.32 Å². The Hall–Kier alpha value is -2.04. The summed E-state index contributed by atoms with van der Waals surface area (Å²) in [5.41, 5.74) is 0.573. The number of hydrogen-bond donors (Lipinski definition) is 1. The van der Waals surface area contributed by atoms with Crippen molar-refractivity contribution in [1.82, 2.24) is 0 Å². The zero-order valence-corrected chi connectivity index (χ0v) is 11.0. The third kappa shape index (κ3) is 2.48. The minimum Gasteiger partial charge on any atom is -0.384 e. The molecule has 0 aromatic heterocycles. The van der Waals surface area contributed by atoms with Crippen molar-refractivity contribution in [2.24, 2.45) is 0 Å². The molecule has 0 saturated heterocycles. The maximum Gasteiger partial charge on any atom is 0.416 e. The predicted molar refractivity (Wildman–Crippen MR) is 73.0 cm³/mol. The van der Waals surface area contributed by atoms with Gasteiger partial charge in [0.1, 0.15) is 0 Å². The first-order chi connectivity index (χ1) is 9.98. The van der Waals surface area contributed by atoms with E-state index in [1.165, 1.54) is 24.3 Å². The molecule has 110 valence electrons. The number of para-hydroxylation sites is 1. The predicted octanol–water partition coefficient (Wildman–Crippen LogP) is 4.73. The van der Waals surface area contributed by atoms with Crippen LogP contribution in [0.4, 0.5) is 23.2 Å². The van der Waals surface area contributed by atoms with Crippen LogP contribution in [0.5, 0.6) is 0 Å². The maximum absolute atomic E-state index is 14.8. The van der Waals surface area contributed by atoms with Crippen molar-refractivity contribution in [2.75, 3.05) is 11.9 Å². The number of fused-ring (bicyclic) bond motifs is 1. The molecule has 0 saturated carbocycles. The van der Waals surface area contributed by atoms with E-state index in [1.54, 1.807) is 6.07 Å². The smallest absolute Gasteiger partial charge is 0.384 e. The minimum absolute atomic E-state index is 0.265. The van der Waals surface area contributed by atoms with Crippen molar-refractivity contribution in [3.05, 3.63) is 64.7 Å². The third-order valence-electron chi connectivity index (χ3n) is 3.69. The third-order valence-corrected chi connectivity index (χ3v) is 3.69. The van der Waals surface area contributed by atoms with Gasteiger partial charge in [0.25, 0.3) is 0 Å². The van der Waals surface area contributed by atoms with Gasteiger partial charge in [0.15, 0.2) is 6.17 Å². The molecule has 0 radical (unpaired) electrons. The second-order valence-corrected chi connectivity index (χ2v) is 5.01. The molecule has 0 fully saturated rings. The second-order valence-electron chi connectivity index (χ2n) is 5.01. The Labute approximate surface area is 119 Å². The number of benzene rings is 2. The molecule has 1 atom stereocenters. The molecular weight excluding hydrogens is 282 g/mol. The van der Waals surface area contributed by atoms with Crippen LogP contribution in [0.1, 0.15) is 28.4 Å². The summed E-state index contributed by atoms with van der Waals surface area (Å²) in [7, 11) is 0. The van der Waals surface area contributed by atoms with E-state index in [1.807, 2.05) is 6.07 Å².